The van der Waals surface area contributed by atoms with Gasteiger partial charge < -0.3 is 15.2 Å². The summed E-state index contributed by atoms with van der Waals surface area (Å²) < 4.78 is 4.95. The van der Waals surface area contributed by atoms with Gasteiger partial charge in [0.15, 0.2) is 5.82 Å². The number of hydrogen-bond donors (Lipinski definition) is 2. The van der Waals surface area contributed by atoms with Gasteiger partial charge in [-0.15, -0.1) is 0 Å². The third-order valence-corrected chi connectivity index (χ3v) is 2.08. The molecule has 2 aromatic heterocycles. The number of nitrogens with one attached hydrogen (secondary N) is 2. The third kappa shape index (κ3) is 3.27. The number of halogens is 1. The summed E-state index contributed by atoms with van der Waals surface area (Å²) in [6.07, 6.45) is 0. The van der Waals surface area contributed by atoms with Gasteiger partial charge in [0.05, 0.1) is 6.54 Å². The largest absolute Gasteiger partial charge is 0.354 e. The van der Waals surface area contributed by atoms with Gasteiger partial charge in [-0.1, -0.05) is 5.16 Å². The Kier molecular flexibility index (Phi) is 3.88. The lowest BCUT2D eigenvalue weighted by Gasteiger charge is -2.05. The summed E-state index contributed by atoms with van der Waals surface area (Å²) in [5, 5.41) is 9.68. The molecule has 2 rings (SSSR count). The third-order valence-electron chi connectivity index (χ3n) is 1.91. The first-order valence-corrected chi connectivity index (χ1v) is 5.73. The van der Waals surface area contributed by atoms with Crippen LogP contribution in [0.25, 0.3) is 0 Å². The normalized spacial score (nSPS) is 10.4. The smallest absolute Gasteiger partial charge is 0.246 e. The topological polar surface area (TPSA) is 102 Å². The fourth-order valence-corrected chi connectivity index (χ4v) is 1.39. The standard InChI is InChI=1S/C9H12ClN7O/c1-3-11-8-14-7(10)15-9(16-8)12-4-6-13-5(2)17-18-6/h3-4H2,1-2H3,(H2,11,12,14,15,16). The maximum absolute atomic E-state index is 5.78. The SMILES string of the molecule is CCNc1nc(Cl)nc(NCc2nc(C)no2)n1. The van der Waals surface area contributed by atoms with Gasteiger partial charge in [-0.2, -0.15) is 19.9 Å². The van der Waals surface area contributed by atoms with Gasteiger partial charge in [0.2, 0.25) is 23.1 Å². The Balaban J connectivity index is 2.04. The van der Waals surface area contributed by atoms with Gasteiger partial charge in [-0.3, -0.25) is 0 Å². The fraction of sp³-hybridized carbons (Fsp3) is 0.444. The van der Waals surface area contributed by atoms with Crippen molar-refractivity contribution < 1.29 is 4.52 Å². The van der Waals surface area contributed by atoms with Crippen LogP contribution in [0.2, 0.25) is 5.28 Å². The van der Waals surface area contributed by atoms with Gasteiger partial charge in [0, 0.05) is 6.54 Å². The van der Waals surface area contributed by atoms with Crippen LogP contribution in [0.4, 0.5) is 11.9 Å². The van der Waals surface area contributed by atoms with E-state index >= 15 is 0 Å². The van der Waals surface area contributed by atoms with E-state index in [0.29, 0.717) is 36.7 Å². The zero-order valence-electron chi connectivity index (χ0n) is 9.94. The molecule has 9 heteroatoms. The molecule has 96 valence electrons. The first kappa shape index (κ1) is 12.5. The van der Waals surface area contributed by atoms with Crippen LogP contribution >= 0.6 is 11.6 Å². The van der Waals surface area contributed by atoms with E-state index in [9.17, 15) is 0 Å². The van der Waals surface area contributed by atoms with E-state index in [2.05, 4.69) is 35.7 Å². The highest BCUT2D eigenvalue weighted by atomic mass is 35.5. The van der Waals surface area contributed by atoms with E-state index < -0.39 is 0 Å². The molecule has 0 aliphatic heterocycles. The first-order chi connectivity index (χ1) is 8.67. The Morgan fingerprint density at radius 3 is 2.44 bits per heavy atom. The molecule has 2 heterocycles. The van der Waals surface area contributed by atoms with Crippen LogP contribution < -0.4 is 10.6 Å². The van der Waals surface area contributed by atoms with Crippen molar-refractivity contribution in [2.45, 2.75) is 20.4 Å². The summed E-state index contributed by atoms with van der Waals surface area (Å²) in [7, 11) is 0. The van der Waals surface area contributed by atoms with Crippen LogP contribution in [-0.4, -0.2) is 31.6 Å². The fourth-order valence-electron chi connectivity index (χ4n) is 1.23. The van der Waals surface area contributed by atoms with Crippen molar-refractivity contribution in [1.29, 1.82) is 0 Å². The van der Waals surface area contributed by atoms with Crippen LogP contribution in [0, 0.1) is 6.92 Å². The summed E-state index contributed by atoms with van der Waals surface area (Å²) in [6.45, 7) is 4.71. The van der Waals surface area contributed by atoms with Crippen molar-refractivity contribution in [3.8, 4) is 0 Å². The number of rotatable bonds is 5. The van der Waals surface area contributed by atoms with Crippen molar-refractivity contribution in [2.75, 3.05) is 17.2 Å². The number of nitrogens with zero attached hydrogens (tertiary/aromatic N) is 5. The van der Waals surface area contributed by atoms with E-state index in [-0.39, 0.29) is 5.28 Å². The lowest BCUT2D eigenvalue weighted by atomic mass is 10.6. The van der Waals surface area contributed by atoms with Gasteiger partial charge in [-0.05, 0) is 25.4 Å². The maximum Gasteiger partial charge on any atom is 0.246 e. The zero-order chi connectivity index (χ0) is 13.0. The summed E-state index contributed by atoms with van der Waals surface area (Å²) in [4.78, 5) is 16.0. The maximum atomic E-state index is 5.78. The highest BCUT2D eigenvalue weighted by Gasteiger charge is 2.06. The minimum atomic E-state index is 0.116. The average Bonchev–Trinajstić information content (AvgIpc) is 2.72. The highest BCUT2D eigenvalue weighted by Crippen LogP contribution is 2.10. The van der Waals surface area contributed by atoms with E-state index in [4.69, 9.17) is 16.1 Å². The number of anilines is 2. The van der Waals surface area contributed by atoms with Gasteiger partial charge in [-0.25, -0.2) is 0 Å². The molecule has 0 aromatic carbocycles. The molecule has 0 bridgehead atoms. The number of hydrogen-bond acceptors (Lipinski definition) is 8. The van der Waals surface area contributed by atoms with Crippen molar-refractivity contribution in [3.05, 3.63) is 17.0 Å². The molecule has 2 aromatic rings. The molecule has 0 radical (unpaired) electrons. The molecule has 0 atom stereocenters. The van der Waals surface area contributed by atoms with E-state index in [1.54, 1.807) is 6.92 Å². The summed E-state index contributed by atoms with van der Waals surface area (Å²) in [5.41, 5.74) is 0. The molecule has 0 saturated carbocycles. The van der Waals surface area contributed by atoms with Gasteiger partial charge in [0.25, 0.3) is 0 Å². The van der Waals surface area contributed by atoms with Crippen molar-refractivity contribution in [1.82, 2.24) is 25.1 Å². The minimum Gasteiger partial charge on any atom is -0.354 e. The summed E-state index contributed by atoms with van der Waals surface area (Å²) >= 11 is 5.78. The molecule has 0 aliphatic carbocycles. The Hall–Kier alpha value is -1.96. The minimum absolute atomic E-state index is 0.116. The van der Waals surface area contributed by atoms with Crippen LogP contribution in [0.5, 0.6) is 0 Å². The molecular weight excluding hydrogens is 258 g/mol. The second-order valence-corrected chi connectivity index (χ2v) is 3.71. The predicted octanol–water partition coefficient (Wildman–Crippen LogP) is 1.26. The number of aromatic nitrogens is 5. The van der Waals surface area contributed by atoms with Crippen LogP contribution in [0.3, 0.4) is 0 Å². The van der Waals surface area contributed by atoms with Gasteiger partial charge in [0.1, 0.15) is 0 Å². The van der Waals surface area contributed by atoms with Crippen molar-refractivity contribution >= 4 is 23.5 Å². The molecule has 0 saturated heterocycles. The second kappa shape index (κ2) is 5.58. The molecule has 8 nitrogen and oxygen atoms in total. The molecule has 18 heavy (non-hydrogen) atoms. The van der Waals surface area contributed by atoms with Crippen LogP contribution in [0.15, 0.2) is 4.52 Å². The molecule has 0 spiro atoms. The van der Waals surface area contributed by atoms with E-state index in [1.807, 2.05) is 6.92 Å². The monoisotopic (exact) mass is 269 g/mol. The van der Waals surface area contributed by atoms with Crippen molar-refractivity contribution in [2.24, 2.45) is 0 Å². The van der Waals surface area contributed by atoms with Crippen molar-refractivity contribution in [3.63, 3.8) is 0 Å². The molecule has 0 amide bonds. The Labute approximate surface area is 108 Å². The lowest BCUT2D eigenvalue weighted by Crippen LogP contribution is -2.09. The molecule has 0 fully saturated rings. The zero-order valence-corrected chi connectivity index (χ0v) is 10.7. The summed E-state index contributed by atoms with van der Waals surface area (Å²) in [6, 6.07) is 0. The van der Waals surface area contributed by atoms with Gasteiger partial charge >= 0.3 is 0 Å². The quantitative estimate of drug-likeness (QED) is 0.836. The van der Waals surface area contributed by atoms with E-state index in [1.165, 1.54) is 0 Å². The van der Waals surface area contributed by atoms with Crippen LogP contribution in [-0.2, 0) is 6.54 Å². The number of aryl methyl sites for hydroxylation is 1. The van der Waals surface area contributed by atoms with Crippen LogP contribution in [0.1, 0.15) is 18.6 Å². The lowest BCUT2D eigenvalue weighted by molar-refractivity contribution is 0.379. The Morgan fingerprint density at radius 1 is 1.11 bits per heavy atom. The Bertz CT molecular complexity index is 529. The highest BCUT2D eigenvalue weighted by molar-refractivity contribution is 6.28. The molecular formula is C9H12ClN7O. The first-order valence-electron chi connectivity index (χ1n) is 5.36. The summed E-state index contributed by atoms with van der Waals surface area (Å²) in [5.74, 6) is 1.80. The molecule has 0 unspecified atom stereocenters. The Morgan fingerprint density at radius 2 is 1.83 bits per heavy atom. The molecule has 2 N–H and O–H groups in total. The predicted molar refractivity (Wildman–Crippen MR) is 65.4 cm³/mol. The molecule has 0 aliphatic rings. The second-order valence-electron chi connectivity index (χ2n) is 3.37. The van der Waals surface area contributed by atoms with E-state index in [0.717, 1.165) is 0 Å². The average molecular weight is 270 g/mol.